The molecule has 0 saturated carbocycles. The fourth-order valence-corrected chi connectivity index (χ4v) is 5.10. The van der Waals surface area contributed by atoms with Crippen LogP contribution in [0.5, 0.6) is 0 Å². The summed E-state index contributed by atoms with van der Waals surface area (Å²) in [6.45, 7) is 9.34. The van der Waals surface area contributed by atoms with E-state index in [2.05, 4.69) is 17.5 Å². The van der Waals surface area contributed by atoms with E-state index in [0.29, 0.717) is 11.3 Å². The third-order valence-electron chi connectivity index (χ3n) is 7.52. The van der Waals surface area contributed by atoms with Crippen LogP contribution in [0.25, 0.3) is 4.85 Å². The van der Waals surface area contributed by atoms with Crippen molar-refractivity contribution in [1.82, 2.24) is 0 Å². The minimum absolute atomic E-state index is 0.260. The molecule has 0 fully saturated rings. The van der Waals surface area contributed by atoms with Crippen LogP contribution >= 0.6 is 0 Å². The fraction of sp³-hybridized carbons (Fsp3) is 0.629. The van der Waals surface area contributed by atoms with Gasteiger partial charge in [-0.3, -0.25) is 0 Å². The van der Waals surface area contributed by atoms with E-state index in [1.165, 1.54) is 116 Å². The maximum atomic E-state index is 12.6. The Morgan fingerprint density at radius 2 is 1.24 bits per heavy atom. The Morgan fingerprint density at radius 3 is 1.66 bits per heavy atom. The molecule has 2 rings (SSSR count). The molecule has 208 valence electrons. The number of allylic oxidation sites excluding steroid dienone is 1. The highest BCUT2D eigenvalue weighted by Crippen LogP contribution is 2.22. The maximum Gasteiger partial charge on any atom is 0.338 e. The number of rotatable bonds is 23. The summed E-state index contributed by atoms with van der Waals surface area (Å²) in [7, 11) is 0. The van der Waals surface area contributed by atoms with Gasteiger partial charge in [0.2, 0.25) is 0 Å². The molecule has 1 atom stereocenters. The first-order valence-corrected chi connectivity index (χ1v) is 15.6. The summed E-state index contributed by atoms with van der Waals surface area (Å²) in [4.78, 5) is 16.0. The van der Waals surface area contributed by atoms with Crippen molar-refractivity contribution in [3.63, 3.8) is 0 Å². The van der Waals surface area contributed by atoms with Crippen LogP contribution in [-0.2, 0) is 4.74 Å². The summed E-state index contributed by atoms with van der Waals surface area (Å²) in [6.07, 6.45) is 32.3. The SMILES string of the molecule is [C-]#[N+]c1ccc(C(=O)O[C@H](CCCCCCCCCCCCCCCCCCCCC)C2=C=CC=C2)cc1. The van der Waals surface area contributed by atoms with E-state index in [1.54, 1.807) is 24.3 Å². The van der Waals surface area contributed by atoms with Gasteiger partial charge in [0.15, 0.2) is 5.69 Å². The lowest BCUT2D eigenvalue weighted by Gasteiger charge is -2.17. The van der Waals surface area contributed by atoms with E-state index in [1.807, 2.05) is 18.2 Å². The summed E-state index contributed by atoms with van der Waals surface area (Å²) in [6, 6.07) is 6.65. The molecule has 1 aromatic rings. The van der Waals surface area contributed by atoms with Crippen LogP contribution in [0, 0.1) is 6.57 Å². The van der Waals surface area contributed by atoms with Crippen LogP contribution in [-0.4, -0.2) is 12.1 Å². The summed E-state index contributed by atoms with van der Waals surface area (Å²) >= 11 is 0. The second-order valence-corrected chi connectivity index (χ2v) is 10.8. The molecule has 0 spiro atoms. The van der Waals surface area contributed by atoms with Crippen molar-refractivity contribution in [2.45, 2.75) is 141 Å². The second kappa shape index (κ2) is 21.4. The molecule has 0 heterocycles. The maximum absolute atomic E-state index is 12.6. The molecule has 0 saturated heterocycles. The first kappa shape index (κ1) is 31.7. The van der Waals surface area contributed by atoms with E-state index in [-0.39, 0.29) is 12.1 Å². The highest BCUT2D eigenvalue weighted by molar-refractivity contribution is 5.90. The number of unbranched alkanes of at least 4 members (excludes halogenated alkanes) is 18. The Hall–Kier alpha value is -2.56. The first-order chi connectivity index (χ1) is 18.7. The Labute approximate surface area is 233 Å². The van der Waals surface area contributed by atoms with Crippen molar-refractivity contribution in [3.8, 4) is 0 Å². The Bertz CT molecular complexity index is 899. The molecular weight excluding hydrogens is 466 g/mol. The minimum atomic E-state index is -0.334. The lowest BCUT2D eigenvalue weighted by molar-refractivity contribution is 0.0361. The lowest BCUT2D eigenvalue weighted by atomic mass is 10.0. The van der Waals surface area contributed by atoms with Gasteiger partial charge in [-0.05, 0) is 25.0 Å². The molecule has 1 aliphatic rings. The van der Waals surface area contributed by atoms with E-state index in [9.17, 15) is 4.79 Å². The van der Waals surface area contributed by atoms with E-state index in [0.717, 1.165) is 18.4 Å². The van der Waals surface area contributed by atoms with Crippen LogP contribution < -0.4 is 0 Å². The monoisotopic (exact) mass is 517 g/mol. The zero-order valence-electron chi connectivity index (χ0n) is 24.0. The Kier molecular flexibility index (Phi) is 17.8. The van der Waals surface area contributed by atoms with Gasteiger partial charge in [-0.2, -0.15) is 0 Å². The summed E-state index contributed by atoms with van der Waals surface area (Å²) in [5.41, 5.74) is 5.16. The van der Waals surface area contributed by atoms with E-state index >= 15 is 0 Å². The molecule has 3 nitrogen and oxygen atoms in total. The smallest absolute Gasteiger partial charge is 0.338 e. The van der Waals surface area contributed by atoms with Crippen molar-refractivity contribution in [3.05, 3.63) is 70.8 Å². The molecule has 0 bridgehead atoms. The van der Waals surface area contributed by atoms with Crippen LogP contribution in [0.2, 0.25) is 0 Å². The van der Waals surface area contributed by atoms with E-state index < -0.39 is 0 Å². The van der Waals surface area contributed by atoms with Gasteiger partial charge in [0.1, 0.15) is 6.10 Å². The third kappa shape index (κ3) is 14.4. The minimum Gasteiger partial charge on any atom is -0.453 e. The lowest BCUT2D eigenvalue weighted by Crippen LogP contribution is -2.19. The average molecular weight is 518 g/mol. The summed E-state index contributed by atoms with van der Waals surface area (Å²) in [5, 5.41) is 0. The van der Waals surface area contributed by atoms with Gasteiger partial charge in [-0.25, -0.2) is 9.64 Å². The zero-order chi connectivity index (χ0) is 27.1. The molecule has 0 aliphatic heterocycles. The first-order valence-electron chi connectivity index (χ1n) is 15.6. The Morgan fingerprint density at radius 1 is 0.763 bits per heavy atom. The second-order valence-electron chi connectivity index (χ2n) is 10.8. The predicted octanol–water partition coefficient (Wildman–Crippen LogP) is 11.2. The highest BCUT2D eigenvalue weighted by atomic mass is 16.5. The van der Waals surface area contributed by atoms with Gasteiger partial charge in [-0.15, -0.1) is 5.73 Å². The third-order valence-corrected chi connectivity index (χ3v) is 7.52. The number of esters is 1. The molecule has 0 amide bonds. The van der Waals surface area contributed by atoms with Gasteiger partial charge in [-0.1, -0.05) is 153 Å². The fourth-order valence-electron chi connectivity index (χ4n) is 5.10. The molecule has 0 aromatic heterocycles. The predicted molar refractivity (Wildman–Crippen MR) is 161 cm³/mol. The number of carbonyl (C=O) groups is 1. The molecular formula is C35H51NO2. The molecule has 0 unspecified atom stereocenters. The largest absolute Gasteiger partial charge is 0.453 e. The van der Waals surface area contributed by atoms with Crippen LogP contribution in [0.15, 0.2) is 53.8 Å². The molecule has 1 aromatic carbocycles. The number of hydrogen-bond acceptors (Lipinski definition) is 2. The van der Waals surface area contributed by atoms with Crippen molar-refractivity contribution in [2.24, 2.45) is 0 Å². The Balaban J connectivity index is 1.45. The van der Waals surface area contributed by atoms with Gasteiger partial charge in [0.05, 0.1) is 12.1 Å². The summed E-state index contributed by atoms with van der Waals surface area (Å²) < 4.78 is 5.84. The zero-order valence-corrected chi connectivity index (χ0v) is 24.0. The highest BCUT2D eigenvalue weighted by Gasteiger charge is 2.19. The van der Waals surface area contributed by atoms with Crippen molar-refractivity contribution in [1.29, 1.82) is 0 Å². The van der Waals surface area contributed by atoms with Crippen LogP contribution in [0.1, 0.15) is 146 Å². The molecule has 0 N–H and O–H groups in total. The number of ether oxygens (including phenoxy) is 1. The van der Waals surface area contributed by atoms with Crippen molar-refractivity contribution >= 4 is 11.7 Å². The standard InChI is InChI=1S/C35H51NO2/c1-3-4-5-6-7-8-9-10-11-12-13-14-15-16-17-18-19-20-21-26-34(31-24-22-23-25-31)38-35(37)32-27-29-33(36-2)30-28-32/h22-24,27-30,34H,3-21,26H2,1H3/t34-/m1/s1. The van der Waals surface area contributed by atoms with E-state index in [4.69, 9.17) is 11.3 Å². The topological polar surface area (TPSA) is 30.7 Å². The number of hydrogen-bond donors (Lipinski definition) is 0. The number of nitrogens with zero attached hydrogens (tertiary/aromatic N) is 1. The molecule has 1 aliphatic carbocycles. The van der Waals surface area contributed by atoms with Crippen molar-refractivity contribution in [2.75, 3.05) is 0 Å². The number of carbonyl (C=O) groups excluding carboxylic acids is 1. The van der Waals surface area contributed by atoms with Gasteiger partial charge < -0.3 is 4.74 Å². The molecule has 0 radical (unpaired) electrons. The summed E-state index contributed by atoms with van der Waals surface area (Å²) in [5.74, 6) is -0.334. The van der Waals surface area contributed by atoms with Crippen LogP contribution in [0.4, 0.5) is 5.69 Å². The molecule has 3 heteroatoms. The number of benzene rings is 1. The normalized spacial score (nSPS) is 12.9. The quantitative estimate of drug-likeness (QED) is 0.0625. The van der Waals surface area contributed by atoms with Gasteiger partial charge in [0.25, 0.3) is 0 Å². The molecule has 38 heavy (non-hydrogen) atoms. The average Bonchev–Trinajstić information content (AvgIpc) is 3.48. The van der Waals surface area contributed by atoms with Gasteiger partial charge in [0, 0.05) is 5.57 Å². The van der Waals surface area contributed by atoms with Crippen LogP contribution in [0.3, 0.4) is 0 Å². The van der Waals surface area contributed by atoms with Gasteiger partial charge >= 0.3 is 5.97 Å². The van der Waals surface area contributed by atoms with Crippen molar-refractivity contribution < 1.29 is 9.53 Å².